The van der Waals surface area contributed by atoms with Crippen LogP contribution in [-0.4, -0.2) is 10.2 Å². The van der Waals surface area contributed by atoms with E-state index in [1.807, 2.05) is 30.3 Å². The van der Waals surface area contributed by atoms with Gasteiger partial charge in [-0.2, -0.15) is 0 Å². The van der Waals surface area contributed by atoms with E-state index in [0.717, 1.165) is 23.3 Å². The van der Waals surface area contributed by atoms with Crippen molar-refractivity contribution in [2.75, 3.05) is 0 Å². The van der Waals surface area contributed by atoms with Gasteiger partial charge in [0.15, 0.2) is 0 Å². The van der Waals surface area contributed by atoms with Gasteiger partial charge in [-0.05, 0) is 30.2 Å². The van der Waals surface area contributed by atoms with Gasteiger partial charge in [0.1, 0.15) is 6.04 Å². The Morgan fingerprint density at radius 1 is 1.11 bits per heavy atom. The maximum absolute atomic E-state index is 6.17. The number of benzene rings is 1. The fourth-order valence-electron chi connectivity index (χ4n) is 3.50. The van der Waals surface area contributed by atoms with Crippen LogP contribution in [0.4, 0.5) is 0 Å². The number of rotatable bonds is 3. The van der Waals surface area contributed by atoms with E-state index in [-0.39, 0.29) is 6.04 Å². The summed E-state index contributed by atoms with van der Waals surface area (Å²) in [4.78, 5) is 0. The smallest absolute Gasteiger partial charge is 0.237 e. The lowest BCUT2D eigenvalue weighted by molar-refractivity contribution is 0.420. The minimum Gasteiger partial charge on any atom is -0.423 e. The highest BCUT2D eigenvalue weighted by molar-refractivity contribution is 5.23. The first-order valence-corrected chi connectivity index (χ1v) is 6.98. The van der Waals surface area contributed by atoms with Crippen LogP contribution in [0.25, 0.3) is 0 Å². The number of hydrogen-bond acceptors (Lipinski definition) is 4. The third-order valence-corrected chi connectivity index (χ3v) is 4.57. The summed E-state index contributed by atoms with van der Waals surface area (Å²) >= 11 is 0. The van der Waals surface area contributed by atoms with E-state index in [9.17, 15) is 0 Å². The molecule has 19 heavy (non-hydrogen) atoms. The van der Waals surface area contributed by atoms with E-state index in [1.165, 1.54) is 19.3 Å². The van der Waals surface area contributed by atoms with Gasteiger partial charge in [-0.25, -0.2) is 0 Å². The van der Waals surface area contributed by atoms with Crippen molar-refractivity contribution in [2.45, 2.75) is 31.2 Å². The lowest BCUT2D eigenvalue weighted by atomic mass is 10.1. The van der Waals surface area contributed by atoms with Crippen molar-refractivity contribution in [1.29, 1.82) is 0 Å². The largest absolute Gasteiger partial charge is 0.423 e. The Kier molecular flexibility index (Phi) is 2.45. The highest BCUT2D eigenvalue weighted by Gasteiger charge is 2.56. The molecule has 3 unspecified atom stereocenters. The average molecular weight is 255 g/mol. The maximum Gasteiger partial charge on any atom is 0.237 e. The average Bonchev–Trinajstić information content (AvgIpc) is 2.90. The van der Waals surface area contributed by atoms with Crippen molar-refractivity contribution in [3.05, 3.63) is 47.7 Å². The van der Waals surface area contributed by atoms with Crippen molar-refractivity contribution in [3.8, 4) is 0 Å². The monoisotopic (exact) mass is 255 g/mol. The van der Waals surface area contributed by atoms with Gasteiger partial charge < -0.3 is 10.2 Å². The van der Waals surface area contributed by atoms with E-state index in [0.29, 0.717) is 11.8 Å². The third-order valence-electron chi connectivity index (χ3n) is 4.57. The van der Waals surface area contributed by atoms with Gasteiger partial charge in [-0.1, -0.05) is 36.8 Å². The molecule has 1 aromatic heterocycles. The Hall–Kier alpha value is -1.68. The molecule has 0 aliphatic heterocycles. The molecule has 2 aromatic rings. The minimum absolute atomic E-state index is 0.318. The lowest BCUT2D eigenvalue weighted by Gasteiger charge is -2.06. The predicted molar refractivity (Wildman–Crippen MR) is 70.3 cm³/mol. The molecule has 4 rings (SSSR count). The van der Waals surface area contributed by atoms with Crippen molar-refractivity contribution >= 4 is 0 Å². The van der Waals surface area contributed by atoms with Gasteiger partial charge in [0.25, 0.3) is 0 Å². The summed E-state index contributed by atoms with van der Waals surface area (Å²) in [7, 11) is 0. The quantitative estimate of drug-likeness (QED) is 0.915. The molecule has 0 spiro atoms. The van der Waals surface area contributed by atoms with E-state index in [2.05, 4.69) is 10.2 Å². The van der Waals surface area contributed by atoms with Crippen LogP contribution >= 0.6 is 0 Å². The summed E-state index contributed by atoms with van der Waals surface area (Å²) in [5, 5.41) is 8.35. The van der Waals surface area contributed by atoms with Gasteiger partial charge in [-0.15, -0.1) is 10.2 Å². The molecular weight excluding hydrogens is 238 g/mol. The predicted octanol–water partition coefficient (Wildman–Crippen LogP) is 2.63. The molecule has 1 heterocycles. The molecule has 3 atom stereocenters. The number of aromatic nitrogens is 2. The van der Waals surface area contributed by atoms with Gasteiger partial charge in [-0.3, -0.25) is 0 Å². The molecule has 2 saturated carbocycles. The standard InChI is InChI=1S/C15H17N3O/c16-13(9-5-2-1-3-6-9)15-18-17-14(19-15)12-10-7-4-8-11(10)12/h1-3,5-6,10-13H,4,7-8,16H2. The molecule has 0 amide bonds. The van der Waals surface area contributed by atoms with Crippen LogP contribution in [-0.2, 0) is 0 Å². The van der Waals surface area contributed by atoms with Crippen molar-refractivity contribution in [2.24, 2.45) is 17.6 Å². The fraction of sp³-hybridized carbons (Fsp3) is 0.467. The molecule has 98 valence electrons. The second kappa shape index (κ2) is 4.17. The van der Waals surface area contributed by atoms with Crippen molar-refractivity contribution < 1.29 is 4.42 Å². The minimum atomic E-state index is -0.318. The molecule has 1 aromatic carbocycles. The SMILES string of the molecule is NC(c1ccccc1)c1nnc(C2C3CCCC32)o1. The zero-order valence-corrected chi connectivity index (χ0v) is 10.7. The molecule has 0 bridgehead atoms. The number of nitrogens with two attached hydrogens (primary N) is 1. The van der Waals surface area contributed by atoms with Crippen LogP contribution in [0.3, 0.4) is 0 Å². The molecule has 4 nitrogen and oxygen atoms in total. The summed E-state index contributed by atoms with van der Waals surface area (Å²) in [6.07, 6.45) is 3.99. The second-order valence-corrected chi connectivity index (χ2v) is 5.65. The van der Waals surface area contributed by atoms with E-state index in [4.69, 9.17) is 10.2 Å². The maximum atomic E-state index is 6.17. The lowest BCUT2D eigenvalue weighted by Crippen LogP contribution is -2.11. The molecule has 2 aliphatic rings. The van der Waals surface area contributed by atoms with Crippen LogP contribution in [0, 0.1) is 11.8 Å². The van der Waals surface area contributed by atoms with Gasteiger partial charge >= 0.3 is 0 Å². The molecule has 0 saturated heterocycles. The molecule has 2 N–H and O–H groups in total. The Morgan fingerprint density at radius 3 is 2.58 bits per heavy atom. The zero-order valence-electron chi connectivity index (χ0n) is 10.7. The summed E-state index contributed by atoms with van der Waals surface area (Å²) in [5.74, 6) is 3.43. The van der Waals surface area contributed by atoms with E-state index >= 15 is 0 Å². The molecule has 4 heteroatoms. The second-order valence-electron chi connectivity index (χ2n) is 5.65. The first kappa shape index (κ1) is 11.2. The highest BCUT2D eigenvalue weighted by Crippen LogP contribution is 2.62. The van der Waals surface area contributed by atoms with Gasteiger partial charge in [0, 0.05) is 5.92 Å². The summed E-state index contributed by atoms with van der Waals surface area (Å²) in [6, 6.07) is 9.57. The molecule has 0 radical (unpaired) electrons. The van der Waals surface area contributed by atoms with Crippen LogP contribution in [0.5, 0.6) is 0 Å². The summed E-state index contributed by atoms with van der Waals surface area (Å²) < 4.78 is 5.81. The Morgan fingerprint density at radius 2 is 1.84 bits per heavy atom. The first-order valence-electron chi connectivity index (χ1n) is 6.98. The normalized spacial score (nSPS) is 30.1. The van der Waals surface area contributed by atoms with E-state index in [1.54, 1.807) is 0 Å². The summed E-state index contributed by atoms with van der Waals surface area (Å²) in [6.45, 7) is 0. The third kappa shape index (κ3) is 1.78. The molecular formula is C15H17N3O. The van der Waals surface area contributed by atoms with Gasteiger partial charge in [0.05, 0.1) is 0 Å². The van der Waals surface area contributed by atoms with Crippen molar-refractivity contribution in [3.63, 3.8) is 0 Å². The summed E-state index contributed by atoms with van der Waals surface area (Å²) in [5.41, 5.74) is 7.18. The zero-order chi connectivity index (χ0) is 12.8. The highest BCUT2D eigenvalue weighted by atomic mass is 16.4. The Bertz CT molecular complexity index is 570. The van der Waals surface area contributed by atoms with Gasteiger partial charge in [0.2, 0.25) is 11.8 Å². The van der Waals surface area contributed by atoms with E-state index < -0.39 is 0 Å². The Balaban J connectivity index is 1.55. The number of fused-ring (bicyclic) bond motifs is 1. The number of hydrogen-bond donors (Lipinski definition) is 1. The first-order chi connectivity index (χ1) is 9.34. The number of nitrogens with zero attached hydrogens (tertiary/aromatic N) is 2. The Labute approximate surface area is 112 Å². The van der Waals surface area contributed by atoms with Crippen LogP contribution in [0.15, 0.2) is 34.7 Å². The van der Waals surface area contributed by atoms with Crippen LogP contribution in [0.1, 0.15) is 48.6 Å². The topological polar surface area (TPSA) is 64.9 Å². The fourth-order valence-corrected chi connectivity index (χ4v) is 3.50. The molecule has 2 fully saturated rings. The van der Waals surface area contributed by atoms with Crippen LogP contribution < -0.4 is 5.73 Å². The van der Waals surface area contributed by atoms with Crippen LogP contribution in [0.2, 0.25) is 0 Å². The molecule has 2 aliphatic carbocycles. The van der Waals surface area contributed by atoms with Crippen molar-refractivity contribution in [1.82, 2.24) is 10.2 Å².